The Labute approximate surface area is 116 Å². The van der Waals surface area contributed by atoms with Crippen LogP contribution in [0.5, 0.6) is 0 Å². The van der Waals surface area contributed by atoms with Crippen molar-refractivity contribution in [3.8, 4) is 0 Å². The molecule has 1 aliphatic rings. The summed E-state index contributed by atoms with van der Waals surface area (Å²) in [6, 6.07) is 0. The number of aromatic amines is 1. The van der Waals surface area contributed by atoms with Crippen LogP contribution in [0.25, 0.3) is 11.0 Å². The van der Waals surface area contributed by atoms with E-state index >= 15 is 0 Å². The summed E-state index contributed by atoms with van der Waals surface area (Å²) in [6.45, 7) is 2.24. The molecule has 3 atom stereocenters. The smallest absolute Gasteiger partial charge is 0.181 e. The van der Waals surface area contributed by atoms with Gasteiger partial charge in [-0.15, -0.1) is 0 Å². The molecule has 1 aliphatic carbocycles. The Balaban J connectivity index is 1.91. The molecule has 0 aliphatic heterocycles. The molecule has 0 saturated heterocycles. The van der Waals surface area contributed by atoms with Gasteiger partial charge in [0.2, 0.25) is 0 Å². The first-order valence-corrected chi connectivity index (χ1v) is 8.16. The van der Waals surface area contributed by atoms with Crippen LogP contribution in [0.3, 0.4) is 0 Å². The van der Waals surface area contributed by atoms with Crippen molar-refractivity contribution >= 4 is 22.2 Å². The molecule has 1 N–H and O–H groups in total. The van der Waals surface area contributed by atoms with Gasteiger partial charge in [-0.1, -0.05) is 19.8 Å². The Kier molecular flexibility index (Phi) is 3.75. The van der Waals surface area contributed by atoms with Crippen molar-refractivity contribution in [1.29, 1.82) is 0 Å². The summed E-state index contributed by atoms with van der Waals surface area (Å²) in [6.07, 6.45) is 11.1. The molecule has 1 fully saturated rings. The Morgan fingerprint density at radius 2 is 2.16 bits per heavy atom. The van der Waals surface area contributed by atoms with Gasteiger partial charge >= 0.3 is 0 Å². The number of rotatable bonds is 2. The largest absolute Gasteiger partial charge is 0.611 e. The van der Waals surface area contributed by atoms with E-state index in [1.54, 1.807) is 6.20 Å². The van der Waals surface area contributed by atoms with Crippen LogP contribution in [0.4, 0.5) is 0 Å². The molecule has 0 amide bonds. The van der Waals surface area contributed by atoms with Crippen molar-refractivity contribution < 1.29 is 4.55 Å². The number of hydrogen-bond donors (Lipinski definition) is 1. The zero-order valence-corrected chi connectivity index (χ0v) is 11.9. The fourth-order valence-corrected chi connectivity index (χ4v) is 4.75. The van der Waals surface area contributed by atoms with Crippen LogP contribution in [-0.2, 0) is 11.2 Å². The molecule has 4 nitrogen and oxygen atoms in total. The maximum absolute atomic E-state index is 12.9. The summed E-state index contributed by atoms with van der Waals surface area (Å²) in [5, 5.41) is 1.17. The topological polar surface area (TPSA) is 64.6 Å². The minimum Gasteiger partial charge on any atom is -0.611 e. The maximum Gasteiger partial charge on any atom is 0.181 e. The van der Waals surface area contributed by atoms with Crippen LogP contribution in [-0.4, -0.2) is 24.8 Å². The van der Waals surface area contributed by atoms with E-state index in [1.165, 1.54) is 32.0 Å². The van der Waals surface area contributed by atoms with Crippen molar-refractivity contribution in [2.24, 2.45) is 5.92 Å². The number of fused-ring (bicyclic) bond motifs is 1. The first kappa shape index (κ1) is 12.9. The van der Waals surface area contributed by atoms with Gasteiger partial charge in [0, 0.05) is 12.1 Å². The SMILES string of the molecule is CC1CCCCCC1[S+]([O-])c1c[nH]c2ncncc12. The lowest BCUT2D eigenvalue weighted by Crippen LogP contribution is -2.27. The molecular formula is C14H19N3OS. The Morgan fingerprint density at radius 1 is 1.32 bits per heavy atom. The molecule has 3 rings (SSSR count). The zero-order chi connectivity index (χ0) is 13.2. The second kappa shape index (κ2) is 5.51. The molecule has 102 valence electrons. The Bertz CT molecular complexity index is 556. The predicted octanol–water partition coefficient (Wildman–Crippen LogP) is 3.03. The standard InChI is InChI=1S/C14H19N3OS/c1-10-5-3-2-4-6-12(10)19(18)13-8-16-14-11(13)7-15-9-17-14/h7-10,12H,2-6H2,1H3,(H,15,16,17). The van der Waals surface area contributed by atoms with E-state index in [4.69, 9.17) is 0 Å². The third-order valence-corrected chi connectivity index (χ3v) is 6.11. The molecule has 5 heteroatoms. The molecule has 0 spiro atoms. The number of aromatic nitrogens is 3. The van der Waals surface area contributed by atoms with Gasteiger partial charge < -0.3 is 9.54 Å². The maximum atomic E-state index is 12.9. The summed E-state index contributed by atoms with van der Waals surface area (Å²) in [4.78, 5) is 12.2. The van der Waals surface area contributed by atoms with Crippen molar-refractivity contribution in [3.05, 3.63) is 18.7 Å². The van der Waals surface area contributed by atoms with Gasteiger partial charge in [0.25, 0.3) is 0 Å². The van der Waals surface area contributed by atoms with Crippen molar-refractivity contribution in [2.45, 2.75) is 49.2 Å². The summed E-state index contributed by atoms with van der Waals surface area (Å²) in [5.41, 5.74) is 0.777. The monoisotopic (exact) mass is 277 g/mol. The summed E-state index contributed by atoms with van der Waals surface area (Å²) in [5.74, 6) is 0.526. The average Bonchev–Trinajstić information content (AvgIpc) is 2.74. The second-order valence-corrected chi connectivity index (χ2v) is 7.03. The lowest BCUT2D eigenvalue weighted by atomic mass is 10.0. The first-order valence-electron chi connectivity index (χ1n) is 6.95. The molecule has 2 heterocycles. The van der Waals surface area contributed by atoms with Crippen LogP contribution < -0.4 is 0 Å². The van der Waals surface area contributed by atoms with Gasteiger partial charge in [0.05, 0.1) is 11.6 Å². The van der Waals surface area contributed by atoms with E-state index in [-0.39, 0.29) is 5.25 Å². The molecule has 0 radical (unpaired) electrons. The lowest BCUT2D eigenvalue weighted by Gasteiger charge is -2.24. The number of nitrogens with one attached hydrogen (secondary N) is 1. The number of nitrogens with zero attached hydrogens (tertiary/aromatic N) is 2. The van der Waals surface area contributed by atoms with Gasteiger partial charge in [0.1, 0.15) is 17.2 Å². The molecule has 2 aromatic rings. The predicted molar refractivity (Wildman–Crippen MR) is 76.3 cm³/mol. The summed E-state index contributed by atoms with van der Waals surface area (Å²) < 4.78 is 12.9. The van der Waals surface area contributed by atoms with Crippen molar-refractivity contribution in [1.82, 2.24) is 15.0 Å². The van der Waals surface area contributed by atoms with E-state index in [2.05, 4.69) is 21.9 Å². The highest BCUT2D eigenvalue weighted by molar-refractivity contribution is 7.92. The van der Waals surface area contributed by atoms with Gasteiger partial charge in [0.15, 0.2) is 4.90 Å². The Hall–Kier alpha value is -1.07. The van der Waals surface area contributed by atoms with Crippen LogP contribution in [0.15, 0.2) is 23.6 Å². The molecule has 0 aromatic carbocycles. The fraction of sp³-hybridized carbons (Fsp3) is 0.571. The quantitative estimate of drug-likeness (QED) is 0.678. The summed E-state index contributed by atoms with van der Waals surface area (Å²) >= 11 is -0.966. The van der Waals surface area contributed by atoms with E-state index < -0.39 is 11.2 Å². The molecule has 19 heavy (non-hydrogen) atoms. The highest BCUT2D eigenvalue weighted by Crippen LogP contribution is 2.34. The van der Waals surface area contributed by atoms with Gasteiger partial charge in [-0.05, 0) is 30.4 Å². The number of hydrogen-bond acceptors (Lipinski definition) is 3. The van der Waals surface area contributed by atoms with Crippen molar-refractivity contribution in [2.75, 3.05) is 0 Å². The van der Waals surface area contributed by atoms with Crippen LogP contribution in [0, 0.1) is 5.92 Å². The highest BCUT2D eigenvalue weighted by atomic mass is 32.2. The average molecular weight is 277 g/mol. The fourth-order valence-electron chi connectivity index (χ4n) is 2.94. The zero-order valence-electron chi connectivity index (χ0n) is 11.1. The van der Waals surface area contributed by atoms with Crippen LogP contribution in [0.1, 0.15) is 39.0 Å². The molecule has 1 saturated carbocycles. The minimum absolute atomic E-state index is 0.265. The minimum atomic E-state index is -0.966. The second-order valence-electron chi connectivity index (χ2n) is 5.39. The van der Waals surface area contributed by atoms with Crippen LogP contribution in [0.2, 0.25) is 0 Å². The third-order valence-electron chi connectivity index (χ3n) is 4.09. The third kappa shape index (κ3) is 2.49. The van der Waals surface area contributed by atoms with Gasteiger partial charge in [-0.25, -0.2) is 9.97 Å². The molecule has 0 bridgehead atoms. The summed E-state index contributed by atoms with van der Waals surface area (Å²) in [7, 11) is 0. The van der Waals surface area contributed by atoms with Crippen LogP contribution >= 0.6 is 0 Å². The van der Waals surface area contributed by atoms with Gasteiger partial charge in [-0.3, -0.25) is 0 Å². The first-order chi connectivity index (χ1) is 9.27. The van der Waals surface area contributed by atoms with E-state index in [1.807, 2.05) is 6.20 Å². The van der Waals surface area contributed by atoms with Crippen molar-refractivity contribution in [3.63, 3.8) is 0 Å². The number of H-pyrrole nitrogens is 1. The van der Waals surface area contributed by atoms with Gasteiger partial charge in [-0.2, -0.15) is 0 Å². The molecule has 3 unspecified atom stereocenters. The lowest BCUT2D eigenvalue weighted by molar-refractivity contribution is 0.482. The van der Waals surface area contributed by atoms with E-state index in [9.17, 15) is 4.55 Å². The highest BCUT2D eigenvalue weighted by Gasteiger charge is 2.33. The van der Waals surface area contributed by atoms with E-state index in [0.29, 0.717) is 5.92 Å². The normalized spacial score (nSPS) is 26.2. The molecule has 2 aromatic heterocycles. The Morgan fingerprint density at radius 3 is 3.05 bits per heavy atom. The van der Waals surface area contributed by atoms with E-state index in [0.717, 1.165) is 22.3 Å². The molecular weight excluding hydrogens is 258 g/mol.